The molecule has 0 N–H and O–H groups in total. The van der Waals surface area contributed by atoms with Crippen molar-refractivity contribution in [2.24, 2.45) is 9.98 Å². The van der Waals surface area contributed by atoms with E-state index in [1.807, 2.05) is 12.4 Å². The van der Waals surface area contributed by atoms with E-state index in [1.165, 1.54) is 26.6 Å². The fourth-order valence-corrected chi connectivity index (χ4v) is 6.72. The molecule has 3 aromatic carbocycles. The second kappa shape index (κ2) is 12.9. The van der Waals surface area contributed by atoms with Crippen LogP contribution in [-0.4, -0.2) is 26.9 Å². The van der Waals surface area contributed by atoms with Crippen LogP contribution in [0.1, 0.15) is 112 Å². The maximum atomic E-state index is 6.63. The Balaban J connectivity index is 2.07. The Bertz CT molecular complexity index is 1090. The van der Waals surface area contributed by atoms with Crippen molar-refractivity contribution in [2.75, 3.05) is 0 Å². The predicted octanol–water partition coefficient (Wildman–Crippen LogP) is 9.16. The monoisotopic (exact) mass is 560 g/mol. The average Bonchev–Trinajstić information content (AvgIpc) is 2.85. The Kier molecular flexibility index (Phi) is 10.2. The zero-order chi connectivity index (χ0) is 26.4. The quantitative estimate of drug-likeness (QED) is 0.184. The predicted molar refractivity (Wildman–Crippen MR) is 161 cm³/mol. The standard InChI is InChI=1S/C32H39ClGeN2/c1-20(2)26-14-10-15-27(21(3)4)31(26)35-18-24-12-9-13-25(30(24)34-33)19-36-32-28(22(5)6)16-11-17-29(32)23(7)8/h9-23H,1-8H3. The van der Waals surface area contributed by atoms with Crippen LogP contribution in [0.4, 0.5) is 11.4 Å². The van der Waals surface area contributed by atoms with Gasteiger partial charge in [0.15, 0.2) is 0 Å². The van der Waals surface area contributed by atoms with E-state index in [2.05, 4.69) is 110 Å². The summed E-state index contributed by atoms with van der Waals surface area (Å²) in [7, 11) is 6.63. The third-order valence-electron chi connectivity index (χ3n) is 6.57. The summed E-state index contributed by atoms with van der Waals surface area (Å²) in [4.78, 5) is 10.1. The molecule has 2 radical (unpaired) electrons. The first-order chi connectivity index (χ1) is 17.1. The van der Waals surface area contributed by atoms with E-state index in [9.17, 15) is 0 Å². The number of rotatable bonds is 9. The molecule has 3 rings (SSSR count). The molecule has 0 saturated carbocycles. The molecule has 0 aromatic heterocycles. The molecule has 3 aromatic rings. The van der Waals surface area contributed by atoms with E-state index in [-0.39, 0.29) is 0 Å². The van der Waals surface area contributed by atoms with E-state index >= 15 is 0 Å². The van der Waals surface area contributed by atoms with Gasteiger partial charge < -0.3 is 0 Å². The summed E-state index contributed by atoms with van der Waals surface area (Å²) < 4.78 is 1.17. The van der Waals surface area contributed by atoms with Gasteiger partial charge in [-0.05, 0) is 0 Å². The first kappa shape index (κ1) is 28.4. The molecule has 4 heteroatoms. The van der Waals surface area contributed by atoms with Gasteiger partial charge in [0.05, 0.1) is 0 Å². The zero-order valence-electron chi connectivity index (χ0n) is 22.9. The van der Waals surface area contributed by atoms with Crippen LogP contribution in [0.25, 0.3) is 0 Å². The summed E-state index contributed by atoms with van der Waals surface area (Å²) >= 11 is -0.841. The molecular formula is C32H39ClGeN2. The Morgan fingerprint density at radius 1 is 0.556 bits per heavy atom. The Morgan fingerprint density at radius 3 is 1.14 bits per heavy atom. The minimum atomic E-state index is -0.841. The first-order valence-electron chi connectivity index (χ1n) is 13.0. The van der Waals surface area contributed by atoms with Crippen LogP contribution in [-0.2, 0) is 0 Å². The molecule has 0 aliphatic heterocycles. The summed E-state index contributed by atoms with van der Waals surface area (Å²) in [5, 5.41) is 0. The topological polar surface area (TPSA) is 24.7 Å². The molecule has 36 heavy (non-hydrogen) atoms. The van der Waals surface area contributed by atoms with Crippen molar-refractivity contribution in [3.63, 3.8) is 0 Å². The average molecular weight is 560 g/mol. The van der Waals surface area contributed by atoms with Crippen LogP contribution < -0.4 is 4.40 Å². The third-order valence-corrected chi connectivity index (χ3v) is 9.16. The van der Waals surface area contributed by atoms with Crippen LogP contribution in [0.3, 0.4) is 0 Å². The number of nitrogens with zero attached hydrogens (tertiary/aromatic N) is 2. The Hall–Kier alpha value is -2.17. The summed E-state index contributed by atoms with van der Waals surface area (Å²) in [6.45, 7) is 17.8. The van der Waals surface area contributed by atoms with Crippen LogP contribution in [0.5, 0.6) is 0 Å². The number of para-hydroxylation sites is 2. The van der Waals surface area contributed by atoms with E-state index < -0.39 is 14.5 Å². The van der Waals surface area contributed by atoms with Gasteiger partial charge in [-0.2, -0.15) is 0 Å². The van der Waals surface area contributed by atoms with Gasteiger partial charge in [0.2, 0.25) is 0 Å². The molecule has 0 fully saturated rings. The molecule has 0 amide bonds. The number of halogens is 1. The molecule has 188 valence electrons. The van der Waals surface area contributed by atoms with Crippen molar-refractivity contribution in [1.82, 2.24) is 0 Å². The number of hydrogen-bond acceptors (Lipinski definition) is 2. The fraction of sp³-hybridized carbons (Fsp3) is 0.375. The second-order valence-electron chi connectivity index (χ2n) is 10.6. The molecule has 0 spiro atoms. The van der Waals surface area contributed by atoms with Gasteiger partial charge in [-0.25, -0.2) is 0 Å². The van der Waals surface area contributed by atoms with Gasteiger partial charge in [-0.15, -0.1) is 0 Å². The van der Waals surface area contributed by atoms with Crippen molar-refractivity contribution < 1.29 is 0 Å². The van der Waals surface area contributed by atoms with E-state index in [4.69, 9.17) is 20.0 Å². The molecule has 2 nitrogen and oxygen atoms in total. The van der Waals surface area contributed by atoms with Gasteiger partial charge in [-0.1, -0.05) is 0 Å². The molecule has 0 saturated heterocycles. The van der Waals surface area contributed by atoms with Crippen molar-refractivity contribution >= 4 is 52.7 Å². The molecule has 0 atom stereocenters. The molecule has 0 aliphatic carbocycles. The third kappa shape index (κ3) is 6.58. The van der Waals surface area contributed by atoms with Gasteiger partial charge in [0.25, 0.3) is 0 Å². The van der Waals surface area contributed by atoms with Crippen LogP contribution >= 0.6 is 10.0 Å². The van der Waals surface area contributed by atoms with E-state index in [0.717, 1.165) is 22.5 Å². The van der Waals surface area contributed by atoms with Crippen molar-refractivity contribution in [1.29, 1.82) is 0 Å². The molecule has 0 heterocycles. The van der Waals surface area contributed by atoms with Gasteiger partial charge in [0, 0.05) is 0 Å². The Morgan fingerprint density at radius 2 is 0.861 bits per heavy atom. The molecule has 0 aliphatic rings. The summed E-state index contributed by atoms with van der Waals surface area (Å²) in [6, 6.07) is 19.4. The normalized spacial score (nSPS) is 12.4. The second-order valence-corrected chi connectivity index (χ2v) is 13.0. The summed E-state index contributed by atoms with van der Waals surface area (Å²) in [5.41, 5.74) is 9.49. The fourth-order valence-electron chi connectivity index (χ4n) is 4.50. The van der Waals surface area contributed by atoms with Crippen molar-refractivity contribution in [3.05, 3.63) is 88.0 Å². The van der Waals surface area contributed by atoms with E-state index in [0.29, 0.717) is 23.7 Å². The van der Waals surface area contributed by atoms with Gasteiger partial charge in [-0.3, -0.25) is 0 Å². The summed E-state index contributed by atoms with van der Waals surface area (Å²) in [6.07, 6.45) is 4.01. The van der Waals surface area contributed by atoms with Crippen molar-refractivity contribution in [3.8, 4) is 0 Å². The van der Waals surface area contributed by atoms with Crippen LogP contribution in [0.15, 0.2) is 64.6 Å². The minimum absolute atomic E-state index is 0.409. The van der Waals surface area contributed by atoms with Crippen LogP contribution in [0, 0.1) is 0 Å². The van der Waals surface area contributed by atoms with Crippen LogP contribution in [0.2, 0.25) is 0 Å². The van der Waals surface area contributed by atoms with E-state index in [1.54, 1.807) is 0 Å². The number of benzene rings is 3. The van der Waals surface area contributed by atoms with Gasteiger partial charge >= 0.3 is 230 Å². The Labute approximate surface area is 229 Å². The van der Waals surface area contributed by atoms with Gasteiger partial charge in [0.1, 0.15) is 0 Å². The summed E-state index contributed by atoms with van der Waals surface area (Å²) in [5.74, 6) is 1.63. The molecular weight excluding hydrogens is 520 g/mol. The first-order valence-corrected chi connectivity index (χ1v) is 16.8. The molecule has 0 unspecified atom stereocenters. The number of aliphatic imine (C=N–C) groups is 2. The zero-order valence-corrected chi connectivity index (χ0v) is 25.8. The van der Waals surface area contributed by atoms with Crippen molar-refractivity contribution in [2.45, 2.75) is 79.1 Å². The maximum absolute atomic E-state index is 6.63. The SMILES string of the molecule is CC(C)c1cccc(C(C)C)c1N=Cc1cccc(C=Nc2c(C(C)C)cccc2C(C)C)[c]1[Ge][Cl]. The number of hydrogen-bond donors (Lipinski definition) is 0. The molecule has 0 bridgehead atoms.